The lowest BCUT2D eigenvalue weighted by Crippen LogP contribution is -2.23. The monoisotopic (exact) mass is 361 g/mol. The fraction of sp³-hybridized carbons (Fsp3) is 0.353. The number of hydrogen-bond donors (Lipinski definition) is 2. The number of carbonyl (C=O) groups excluding carboxylic acids is 1. The number of benzene rings is 1. The number of aromatic carboxylic acids is 1. The van der Waals surface area contributed by atoms with E-state index in [2.05, 4.69) is 10.5 Å². The normalized spacial score (nSPS) is 10.7. The van der Waals surface area contributed by atoms with Gasteiger partial charge in [0.25, 0.3) is 11.6 Å². The average molecular weight is 361 g/mol. The number of nitrogens with one attached hydrogen (secondary N) is 1. The second kappa shape index (κ2) is 8.24. The van der Waals surface area contributed by atoms with Crippen molar-refractivity contribution in [3.63, 3.8) is 0 Å². The molecule has 0 aliphatic heterocycles. The summed E-state index contributed by atoms with van der Waals surface area (Å²) < 4.78 is 5.19. The number of rotatable bonds is 8. The van der Waals surface area contributed by atoms with Gasteiger partial charge in [0.1, 0.15) is 0 Å². The fourth-order valence-electron chi connectivity index (χ4n) is 2.55. The highest BCUT2D eigenvalue weighted by atomic mass is 16.6. The van der Waals surface area contributed by atoms with Gasteiger partial charge in [0, 0.05) is 29.7 Å². The van der Waals surface area contributed by atoms with Crippen molar-refractivity contribution in [2.75, 3.05) is 0 Å². The second-order valence-corrected chi connectivity index (χ2v) is 5.75. The molecule has 0 radical (unpaired) electrons. The molecule has 26 heavy (non-hydrogen) atoms. The van der Waals surface area contributed by atoms with E-state index in [9.17, 15) is 19.7 Å². The Morgan fingerprint density at radius 2 is 1.88 bits per heavy atom. The summed E-state index contributed by atoms with van der Waals surface area (Å²) in [6, 6.07) is 4.77. The molecule has 9 heteroatoms. The number of non-ortho nitro benzene ring substituents is 1. The molecule has 0 aliphatic carbocycles. The van der Waals surface area contributed by atoms with Crippen LogP contribution in [0.4, 0.5) is 5.69 Å². The van der Waals surface area contributed by atoms with Gasteiger partial charge < -0.3 is 14.9 Å². The van der Waals surface area contributed by atoms with Crippen molar-refractivity contribution in [2.45, 2.75) is 39.2 Å². The van der Waals surface area contributed by atoms with Crippen molar-refractivity contribution in [1.29, 1.82) is 0 Å². The summed E-state index contributed by atoms with van der Waals surface area (Å²) >= 11 is 0. The molecule has 0 bridgehead atoms. The van der Waals surface area contributed by atoms with Crippen LogP contribution in [-0.2, 0) is 6.54 Å². The second-order valence-electron chi connectivity index (χ2n) is 5.75. The number of carboxylic acids is 1. The molecule has 2 N–H and O–H groups in total. The summed E-state index contributed by atoms with van der Waals surface area (Å²) in [7, 11) is 0. The summed E-state index contributed by atoms with van der Waals surface area (Å²) in [4.78, 5) is 33.5. The number of amides is 1. The Morgan fingerprint density at radius 3 is 2.46 bits per heavy atom. The van der Waals surface area contributed by atoms with E-state index in [-0.39, 0.29) is 23.6 Å². The molecule has 2 rings (SSSR count). The predicted molar refractivity (Wildman–Crippen MR) is 91.1 cm³/mol. The minimum Gasteiger partial charge on any atom is -0.478 e. The highest BCUT2D eigenvalue weighted by Crippen LogP contribution is 2.22. The number of nitro groups is 1. The Labute approximate surface area is 149 Å². The summed E-state index contributed by atoms with van der Waals surface area (Å²) in [5.74, 6) is -1.27. The van der Waals surface area contributed by atoms with Crippen molar-refractivity contribution >= 4 is 17.6 Å². The Hall–Kier alpha value is -3.23. The van der Waals surface area contributed by atoms with Gasteiger partial charge in [0.05, 0.1) is 22.7 Å². The van der Waals surface area contributed by atoms with Crippen LogP contribution in [0.2, 0.25) is 0 Å². The molecule has 9 nitrogen and oxygen atoms in total. The van der Waals surface area contributed by atoms with E-state index in [1.54, 1.807) is 6.07 Å². The molecular formula is C17H19N3O6. The number of aromatic nitrogens is 1. The Kier molecular flexibility index (Phi) is 6.05. The molecule has 1 amide bonds. The zero-order chi connectivity index (χ0) is 19.3. The van der Waals surface area contributed by atoms with Crippen LogP contribution in [0.3, 0.4) is 0 Å². The van der Waals surface area contributed by atoms with Crippen LogP contribution < -0.4 is 5.32 Å². The van der Waals surface area contributed by atoms with E-state index in [0.29, 0.717) is 5.76 Å². The quantitative estimate of drug-likeness (QED) is 0.544. The molecule has 138 valence electrons. The highest BCUT2D eigenvalue weighted by molar-refractivity contribution is 5.98. The first-order valence-corrected chi connectivity index (χ1v) is 8.12. The third kappa shape index (κ3) is 4.44. The van der Waals surface area contributed by atoms with Crippen LogP contribution >= 0.6 is 0 Å². The fourth-order valence-corrected chi connectivity index (χ4v) is 2.55. The third-order valence-electron chi connectivity index (χ3n) is 4.04. The lowest BCUT2D eigenvalue weighted by Gasteiger charge is -2.06. The third-order valence-corrected chi connectivity index (χ3v) is 4.04. The minimum atomic E-state index is -1.35. The smallest absolute Gasteiger partial charge is 0.335 e. The molecule has 0 saturated carbocycles. The molecule has 1 heterocycles. The van der Waals surface area contributed by atoms with E-state index in [1.807, 2.05) is 13.8 Å². The van der Waals surface area contributed by atoms with Crippen LogP contribution in [0.5, 0.6) is 0 Å². The number of carboxylic acid groups (broad SMARTS) is 1. The molecule has 0 saturated heterocycles. The molecule has 0 atom stereocenters. The maximum atomic E-state index is 12.2. The van der Waals surface area contributed by atoms with Gasteiger partial charge in [0.15, 0.2) is 5.76 Å². The van der Waals surface area contributed by atoms with E-state index < -0.39 is 22.5 Å². The predicted octanol–water partition coefficient (Wildman–Crippen LogP) is 3.11. The maximum absolute atomic E-state index is 12.2. The SMILES string of the molecule is CCC(CC)c1cc(CNC(=O)c2cc(C(=O)O)cc([N+](=O)[O-])c2)on1. The van der Waals surface area contributed by atoms with Crippen molar-refractivity contribution < 1.29 is 24.1 Å². The zero-order valence-electron chi connectivity index (χ0n) is 14.4. The molecule has 1 aromatic carbocycles. The first-order chi connectivity index (χ1) is 12.3. The van der Waals surface area contributed by atoms with Crippen molar-refractivity contribution in [3.8, 4) is 0 Å². The number of nitrogens with zero attached hydrogens (tertiary/aromatic N) is 2. The molecule has 0 fully saturated rings. The van der Waals surface area contributed by atoms with E-state index in [1.165, 1.54) is 0 Å². The van der Waals surface area contributed by atoms with Gasteiger partial charge in [-0.05, 0) is 18.9 Å². The Morgan fingerprint density at radius 1 is 1.23 bits per heavy atom. The van der Waals surface area contributed by atoms with Crippen molar-refractivity contribution in [2.24, 2.45) is 0 Å². The van der Waals surface area contributed by atoms with Gasteiger partial charge >= 0.3 is 5.97 Å². The molecule has 0 aliphatic rings. The minimum absolute atomic E-state index is 0.0388. The number of nitro benzene ring substituents is 1. The van der Waals surface area contributed by atoms with Crippen LogP contribution in [0.25, 0.3) is 0 Å². The van der Waals surface area contributed by atoms with E-state index in [0.717, 1.165) is 36.7 Å². The molecular weight excluding hydrogens is 342 g/mol. The summed E-state index contributed by atoms with van der Waals surface area (Å²) in [5.41, 5.74) is -0.107. The first-order valence-electron chi connectivity index (χ1n) is 8.12. The molecule has 2 aromatic rings. The van der Waals surface area contributed by atoms with Crippen molar-refractivity contribution in [1.82, 2.24) is 10.5 Å². The topological polar surface area (TPSA) is 136 Å². The van der Waals surface area contributed by atoms with Crippen molar-refractivity contribution in [3.05, 3.63) is 57.0 Å². The first kappa shape index (κ1) is 19.1. The molecule has 1 aromatic heterocycles. The number of carbonyl (C=O) groups is 2. The largest absolute Gasteiger partial charge is 0.478 e. The van der Waals surface area contributed by atoms with E-state index in [4.69, 9.17) is 9.63 Å². The van der Waals surface area contributed by atoms with Gasteiger partial charge in [0.2, 0.25) is 0 Å². The Bertz CT molecular complexity index is 793. The van der Waals surface area contributed by atoms with Gasteiger partial charge in [-0.25, -0.2) is 4.79 Å². The standard InChI is InChI=1S/C17H19N3O6/c1-3-10(4-2)15-8-14(26-19-15)9-18-16(21)11-5-12(17(22)23)7-13(6-11)20(24)25/h5-8,10H,3-4,9H2,1-2H3,(H,18,21)(H,22,23). The van der Waals surface area contributed by atoms with Crippen LogP contribution in [0, 0.1) is 10.1 Å². The number of hydrogen-bond acceptors (Lipinski definition) is 6. The molecule has 0 unspecified atom stereocenters. The van der Waals surface area contributed by atoms with Gasteiger partial charge in [-0.2, -0.15) is 0 Å². The molecule has 0 spiro atoms. The van der Waals surface area contributed by atoms with E-state index >= 15 is 0 Å². The van der Waals surface area contributed by atoms with Crippen LogP contribution in [0.15, 0.2) is 28.8 Å². The lowest BCUT2D eigenvalue weighted by atomic mass is 9.99. The highest BCUT2D eigenvalue weighted by Gasteiger charge is 2.18. The summed E-state index contributed by atoms with van der Waals surface area (Å²) in [6.45, 7) is 4.14. The zero-order valence-corrected chi connectivity index (χ0v) is 14.4. The lowest BCUT2D eigenvalue weighted by molar-refractivity contribution is -0.384. The maximum Gasteiger partial charge on any atom is 0.335 e. The van der Waals surface area contributed by atoms with Crippen LogP contribution in [0.1, 0.15) is 64.8 Å². The van der Waals surface area contributed by atoms with Gasteiger partial charge in [-0.1, -0.05) is 19.0 Å². The summed E-state index contributed by atoms with van der Waals surface area (Å²) in [5, 5.41) is 26.5. The van der Waals surface area contributed by atoms with Gasteiger partial charge in [-0.3, -0.25) is 14.9 Å². The van der Waals surface area contributed by atoms with Gasteiger partial charge in [-0.15, -0.1) is 0 Å². The Balaban J connectivity index is 2.13. The van der Waals surface area contributed by atoms with Crippen LogP contribution in [-0.4, -0.2) is 27.1 Å². The summed E-state index contributed by atoms with van der Waals surface area (Å²) in [6.07, 6.45) is 1.83. The average Bonchev–Trinajstić information content (AvgIpc) is 3.09.